The first-order chi connectivity index (χ1) is 9.87. The topological polar surface area (TPSA) is 81.7 Å². The van der Waals surface area contributed by atoms with Gasteiger partial charge in [-0.25, -0.2) is 4.79 Å². The van der Waals surface area contributed by atoms with Crippen LogP contribution in [-0.4, -0.2) is 55.2 Å². The van der Waals surface area contributed by atoms with Gasteiger partial charge >= 0.3 is 12.0 Å². The molecule has 3 N–H and O–H groups in total. The van der Waals surface area contributed by atoms with Crippen molar-refractivity contribution in [2.75, 3.05) is 33.2 Å². The van der Waals surface area contributed by atoms with Crippen molar-refractivity contribution in [3.05, 3.63) is 0 Å². The molecule has 0 aliphatic carbocycles. The Bertz CT molecular complexity index is 354. The van der Waals surface area contributed by atoms with Crippen molar-refractivity contribution in [1.29, 1.82) is 0 Å². The zero-order valence-corrected chi connectivity index (χ0v) is 13.4. The number of likely N-dealkylation sites (tertiary alicyclic amines) is 1. The fourth-order valence-corrected chi connectivity index (χ4v) is 2.43. The molecule has 0 saturated carbocycles. The summed E-state index contributed by atoms with van der Waals surface area (Å²) in [6.07, 6.45) is 3.85. The molecule has 0 aromatic carbocycles. The average molecular weight is 299 g/mol. The molecule has 0 aromatic heterocycles. The van der Waals surface area contributed by atoms with Gasteiger partial charge in [0.2, 0.25) is 0 Å². The molecule has 122 valence electrons. The highest BCUT2D eigenvalue weighted by molar-refractivity contribution is 5.77. The molecule has 6 nitrogen and oxygen atoms in total. The average Bonchev–Trinajstić information content (AvgIpc) is 2.46. The molecule has 1 atom stereocenters. The molecule has 1 saturated heterocycles. The SMILES string of the molecule is CCC(C)(CNC(=O)NCCC1CCN(C)CC1)C(=O)O. The molecule has 6 heteroatoms. The lowest BCUT2D eigenvalue weighted by Gasteiger charge is -2.29. The van der Waals surface area contributed by atoms with Gasteiger partial charge in [-0.1, -0.05) is 6.92 Å². The van der Waals surface area contributed by atoms with Gasteiger partial charge in [-0.15, -0.1) is 0 Å². The van der Waals surface area contributed by atoms with Crippen LogP contribution in [0.1, 0.15) is 39.5 Å². The number of hydrogen-bond acceptors (Lipinski definition) is 3. The number of amides is 2. The van der Waals surface area contributed by atoms with E-state index in [0.29, 0.717) is 18.9 Å². The van der Waals surface area contributed by atoms with Crippen LogP contribution in [0.4, 0.5) is 4.79 Å². The number of urea groups is 1. The quantitative estimate of drug-likeness (QED) is 0.666. The van der Waals surface area contributed by atoms with E-state index in [1.165, 1.54) is 12.8 Å². The van der Waals surface area contributed by atoms with Gasteiger partial charge in [-0.3, -0.25) is 4.79 Å². The number of aliphatic carboxylic acids is 1. The molecule has 2 amide bonds. The molecule has 0 aromatic rings. The Hall–Kier alpha value is -1.30. The number of hydrogen-bond donors (Lipinski definition) is 3. The van der Waals surface area contributed by atoms with Crippen LogP contribution in [0.2, 0.25) is 0 Å². The highest BCUT2D eigenvalue weighted by Gasteiger charge is 2.31. The minimum absolute atomic E-state index is 0.152. The number of piperidine rings is 1. The Morgan fingerprint density at radius 3 is 2.43 bits per heavy atom. The van der Waals surface area contributed by atoms with Crippen LogP contribution in [0, 0.1) is 11.3 Å². The number of carbonyl (C=O) groups is 2. The predicted molar refractivity (Wildman–Crippen MR) is 82.3 cm³/mol. The summed E-state index contributed by atoms with van der Waals surface area (Å²) in [4.78, 5) is 25.2. The van der Waals surface area contributed by atoms with Crippen molar-refractivity contribution in [1.82, 2.24) is 15.5 Å². The van der Waals surface area contributed by atoms with Crippen molar-refractivity contribution in [3.8, 4) is 0 Å². The van der Waals surface area contributed by atoms with Crippen molar-refractivity contribution in [3.63, 3.8) is 0 Å². The summed E-state index contributed by atoms with van der Waals surface area (Å²) in [5.41, 5.74) is -0.898. The van der Waals surface area contributed by atoms with Gasteiger partial charge in [0.25, 0.3) is 0 Å². The number of carbonyl (C=O) groups excluding carboxylic acids is 1. The van der Waals surface area contributed by atoms with Gasteiger partial charge in [0, 0.05) is 13.1 Å². The van der Waals surface area contributed by atoms with Gasteiger partial charge < -0.3 is 20.6 Å². The third kappa shape index (κ3) is 5.91. The second-order valence-corrected chi connectivity index (χ2v) is 6.36. The van der Waals surface area contributed by atoms with Crippen LogP contribution in [0.5, 0.6) is 0 Å². The lowest BCUT2D eigenvalue weighted by molar-refractivity contribution is -0.147. The molecule has 0 bridgehead atoms. The summed E-state index contributed by atoms with van der Waals surface area (Å²) < 4.78 is 0. The Morgan fingerprint density at radius 2 is 1.90 bits per heavy atom. The van der Waals surface area contributed by atoms with Crippen molar-refractivity contribution in [2.24, 2.45) is 11.3 Å². The Labute approximate surface area is 127 Å². The van der Waals surface area contributed by atoms with Crippen molar-refractivity contribution >= 4 is 12.0 Å². The molecule has 1 unspecified atom stereocenters. The molecule has 1 heterocycles. The second kappa shape index (κ2) is 8.22. The van der Waals surface area contributed by atoms with Crippen LogP contribution < -0.4 is 10.6 Å². The van der Waals surface area contributed by atoms with E-state index in [0.717, 1.165) is 19.5 Å². The summed E-state index contributed by atoms with van der Waals surface area (Å²) in [6.45, 7) is 6.52. The summed E-state index contributed by atoms with van der Waals surface area (Å²) in [5.74, 6) is -0.196. The first-order valence-corrected chi connectivity index (χ1v) is 7.81. The van der Waals surface area contributed by atoms with Gasteiger partial charge in [0.1, 0.15) is 0 Å². The molecule has 0 spiro atoms. The van der Waals surface area contributed by atoms with E-state index in [2.05, 4.69) is 22.6 Å². The maximum atomic E-state index is 11.7. The van der Waals surface area contributed by atoms with E-state index in [1.807, 2.05) is 6.92 Å². The first-order valence-electron chi connectivity index (χ1n) is 7.81. The maximum absolute atomic E-state index is 11.7. The van der Waals surface area contributed by atoms with Gasteiger partial charge in [0.05, 0.1) is 5.41 Å². The van der Waals surface area contributed by atoms with Gasteiger partial charge in [0.15, 0.2) is 0 Å². The Kier molecular flexibility index (Phi) is 6.95. The number of carboxylic acids is 1. The Morgan fingerprint density at radius 1 is 1.29 bits per heavy atom. The van der Waals surface area contributed by atoms with Crippen molar-refractivity contribution < 1.29 is 14.7 Å². The second-order valence-electron chi connectivity index (χ2n) is 6.36. The molecular weight excluding hydrogens is 270 g/mol. The number of nitrogens with zero attached hydrogens (tertiary/aromatic N) is 1. The van der Waals surface area contributed by atoms with Gasteiger partial charge in [-0.2, -0.15) is 0 Å². The van der Waals surface area contributed by atoms with E-state index in [4.69, 9.17) is 5.11 Å². The maximum Gasteiger partial charge on any atom is 0.314 e. The van der Waals surface area contributed by atoms with Crippen LogP contribution in [0.15, 0.2) is 0 Å². The zero-order valence-electron chi connectivity index (χ0n) is 13.4. The number of rotatable bonds is 7. The minimum atomic E-state index is -0.898. The standard InChI is InChI=1S/C15H29N3O3/c1-4-15(2,13(19)20)11-17-14(21)16-8-5-12-6-9-18(3)10-7-12/h12H,4-11H2,1-3H3,(H,19,20)(H2,16,17,21). The summed E-state index contributed by atoms with van der Waals surface area (Å²) in [5, 5.41) is 14.6. The van der Waals surface area contributed by atoms with Gasteiger partial charge in [-0.05, 0) is 58.7 Å². The third-order valence-electron chi connectivity index (χ3n) is 4.61. The van der Waals surface area contributed by atoms with Crippen LogP contribution in [-0.2, 0) is 4.79 Å². The molecular formula is C15H29N3O3. The van der Waals surface area contributed by atoms with E-state index in [9.17, 15) is 9.59 Å². The minimum Gasteiger partial charge on any atom is -0.481 e. The van der Waals surface area contributed by atoms with E-state index in [1.54, 1.807) is 6.92 Å². The van der Waals surface area contributed by atoms with E-state index < -0.39 is 11.4 Å². The van der Waals surface area contributed by atoms with E-state index >= 15 is 0 Å². The number of nitrogens with one attached hydrogen (secondary N) is 2. The molecule has 1 aliphatic heterocycles. The lowest BCUT2D eigenvalue weighted by Crippen LogP contribution is -2.45. The Balaban J connectivity index is 2.18. The number of carboxylic acid groups (broad SMARTS) is 1. The fourth-order valence-electron chi connectivity index (χ4n) is 2.43. The smallest absolute Gasteiger partial charge is 0.314 e. The monoisotopic (exact) mass is 299 g/mol. The summed E-state index contributed by atoms with van der Waals surface area (Å²) in [6, 6.07) is -0.274. The normalized spacial score (nSPS) is 19.8. The van der Waals surface area contributed by atoms with Crippen LogP contribution >= 0.6 is 0 Å². The molecule has 1 fully saturated rings. The summed E-state index contributed by atoms with van der Waals surface area (Å²) >= 11 is 0. The van der Waals surface area contributed by atoms with Crippen LogP contribution in [0.3, 0.4) is 0 Å². The predicted octanol–water partition coefficient (Wildman–Crippen LogP) is 1.52. The largest absolute Gasteiger partial charge is 0.481 e. The zero-order chi connectivity index (χ0) is 15.9. The van der Waals surface area contributed by atoms with Crippen LogP contribution in [0.25, 0.3) is 0 Å². The first kappa shape index (κ1) is 17.8. The molecule has 1 aliphatic rings. The third-order valence-corrected chi connectivity index (χ3v) is 4.61. The molecule has 0 radical (unpaired) electrons. The van der Waals surface area contributed by atoms with Crippen molar-refractivity contribution in [2.45, 2.75) is 39.5 Å². The highest BCUT2D eigenvalue weighted by atomic mass is 16.4. The van der Waals surface area contributed by atoms with E-state index in [-0.39, 0.29) is 12.6 Å². The molecule has 21 heavy (non-hydrogen) atoms. The fraction of sp³-hybridized carbons (Fsp3) is 0.867. The molecule has 1 rings (SSSR count). The summed E-state index contributed by atoms with van der Waals surface area (Å²) in [7, 11) is 2.13. The highest BCUT2D eigenvalue weighted by Crippen LogP contribution is 2.20. The lowest BCUT2D eigenvalue weighted by atomic mass is 9.88.